The van der Waals surface area contributed by atoms with Crippen molar-refractivity contribution in [2.24, 2.45) is 5.92 Å². The van der Waals surface area contributed by atoms with E-state index in [9.17, 15) is 5.11 Å². The molecule has 1 aliphatic heterocycles. The molecular formula is C21H21N3O2. The topological polar surface area (TPSA) is 71.1 Å². The summed E-state index contributed by atoms with van der Waals surface area (Å²) in [6.07, 6.45) is 1.66. The standard InChI is InChI=1S/C21H21N3O2/c1-13(2)11-24-12-23-21-19(20(24)22)18(14-6-4-3-5-7-14)16-9-8-15(25)10-17(16)26-21/h3-10,12-13,18,22,25H,11H2,1-2H3/t18-/m0/s1. The van der Waals surface area contributed by atoms with Crippen molar-refractivity contribution in [3.05, 3.63) is 77.0 Å². The number of fused-ring (bicyclic) bond motifs is 2. The van der Waals surface area contributed by atoms with Crippen molar-refractivity contribution < 1.29 is 9.84 Å². The molecule has 26 heavy (non-hydrogen) atoms. The van der Waals surface area contributed by atoms with E-state index in [1.165, 1.54) is 0 Å². The molecule has 2 heterocycles. The molecule has 0 saturated heterocycles. The van der Waals surface area contributed by atoms with Crippen LogP contribution >= 0.6 is 0 Å². The number of phenols is 1. The average Bonchev–Trinajstić information content (AvgIpc) is 2.62. The maximum Gasteiger partial charge on any atom is 0.228 e. The van der Waals surface area contributed by atoms with Crippen LogP contribution in [0.25, 0.3) is 0 Å². The van der Waals surface area contributed by atoms with Crippen molar-refractivity contribution in [3.8, 4) is 17.4 Å². The molecule has 3 aromatic rings. The molecule has 2 N–H and O–H groups in total. The first-order chi connectivity index (χ1) is 12.5. The van der Waals surface area contributed by atoms with E-state index < -0.39 is 0 Å². The lowest BCUT2D eigenvalue weighted by Gasteiger charge is -2.28. The van der Waals surface area contributed by atoms with Crippen molar-refractivity contribution in [1.29, 1.82) is 5.41 Å². The van der Waals surface area contributed by atoms with E-state index in [4.69, 9.17) is 10.1 Å². The Hall–Kier alpha value is -3.08. The van der Waals surface area contributed by atoms with Gasteiger partial charge in [-0.2, -0.15) is 0 Å². The molecule has 2 aromatic carbocycles. The van der Waals surface area contributed by atoms with Crippen LogP contribution in [0.15, 0.2) is 54.9 Å². The molecule has 0 aliphatic carbocycles. The van der Waals surface area contributed by atoms with Crippen LogP contribution in [0.3, 0.4) is 0 Å². The summed E-state index contributed by atoms with van der Waals surface area (Å²) in [6, 6.07) is 15.2. The van der Waals surface area contributed by atoms with Gasteiger partial charge in [0.1, 0.15) is 23.3 Å². The summed E-state index contributed by atoms with van der Waals surface area (Å²) >= 11 is 0. The van der Waals surface area contributed by atoms with Gasteiger partial charge in [0.25, 0.3) is 0 Å². The predicted octanol–water partition coefficient (Wildman–Crippen LogP) is 4.01. The summed E-state index contributed by atoms with van der Waals surface area (Å²) in [7, 11) is 0. The molecule has 5 nitrogen and oxygen atoms in total. The third-order valence-corrected chi connectivity index (χ3v) is 4.59. The van der Waals surface area contributed by atoms with E-state index in [1.54, 1.807) is 18.5 Å². The summed E-state index contributed by atoms with van der Waals surface area (Å²) < 4.78 is 7.82. The van der Waals surface area contributed by atoms with Gasteiger partial charge >= 0.3 is 0 Å². The molecule has 1 aliphatic rings. The first-order valence-corrected chi connectivity index (χ1v) is 8.74. The SMILES string of the molecule is CC(C)Cn1cnc2c(c1=N)[C@@H](c1ccccc1)c1ccc(O)cc1O2. The van der Waals surface area contributed by atoms with Gasteiger partial charge in [0.05, 0.1) is 5.56 Å². The van der Waals surface area contributed by atoms with Gasteiger partial charge in [-0.1, -0.05) is 50.2 Å². The number of nitrogens with zero attached hydrogens (tertiary/aromatic N) is 2. The van der Waals surface area contributed by atoms with Crippen molar-refractivity contribution in [2.45, 2.75) is 26.3 Å². The van der Waals surface area contributed by atoms with E-state index in [-0.39, 0.29) is 11.7 Å². The molecule has 5 heteroatoms. The molecular weight excluding hydrogens is 326 g/mol. The second-order valence-electron chi connectivity index (χ2n) is 7.03. The summed E-state index contributed by atoms with van der Waals surface area (Å²) in [5, 5.41) is 18.6. The number of aromatic nitrogens is 2. The maximum atomic E-state index is 9.85. The quantitative estimate of drug-likeness (QED) is 0.588. The van der Waals surface area contributed by atoms with Crippen molar-refractivity contribution in [1.82, 2.24) is 9.55 Å². The van der Waals surface area contributed by atoms with Crippen LogP contribution < -0.4 is 10.2 Å². The van der Waals surface area contributed by atoms with Crippen LogP contribution in [0, 0.1) is 11.3 Å². The minimum atomic E-state index is -0.157. The van der Waals surface area contributed by atoms with Crippen LogP contribution in [0.2, 0.25) is 0 Å². The molecule has 0 fully saturated rings. The monoisotopic (exact) mass is 347 g/mol. The smallest absolute Gasteiger partial charge is 0.228 e. The first-order valence-electron chi connectivity index (χ1n) is 8.74. The second kappa shape index (κ2) is 6.33. The van der Waals surface area contributed by atoms with Gasteiger partial charge in [0.2, 0.25) is 5.88 Å². The summed E-state index contributed by atoms with van der Waals surface area (Å²) in [5.74, 6) is 1.42. The molecule has 0 radical (unpaired) electrons. The Morgan fingerprint density at radius 2 is 1.96 bits per heavy atom. The van der Waals surface area contributed by atoms with Gasteiger partial charge in [-0.3, -0.25) is 5.41 Å². The average molecular weight is 347 g/mol. The van der Waals surface area contributed by atoms with Crippen LogP contribution in [-0.4, -0.2) is 14.7 Å². The summed E-state index contributed by atoms with van der Waals surface area (Å²) in [5.41, 5.74) is 3.18. The zero-order valence-corrected chi connectivity index (χ0v) is 14.8. The highest BCUT2D eigenvalue weighted by Gasteiger charge is 2.32. The number of nitrogens with one attached hydrogen (secondary N) is 1. The van der Waals surface area contributed by atoms with E-state index in [1.807, 2.05) is 28.8 Å². The van der Waals surface area contributed by atoms with Crippen LogP contribution in [-0.2, 0) is 6.54 Å². The van der Waals surface area contributed by atoms with Crippen molar-refractivity contribution in [3.63, 3.8) is 0 Å². The Morgan fingerprint density at radius 3 is 2.69 bits per heavy atom. The summed E-state index contributed by atoms with van der Waals surface area (Å²) in [4.78, 5) is 4.48. The predicted molar refractivity (Wildman–Crippen MR) is 98.5 cm³/mol. The molecule has 1 atom stereocenters. The molecule has 4 rings (SSSR count). The Kier molecular flexibility index (Phi) is 3.99. The lowest BCUT2D eigenvalue weighted by atomic mass is 9.84. The lowest BCUT2D eigenvalue weighted by molar-refractivity contribution is 0.407. The van der Waals surface area contributed by atoms with E-state index in [2.05, 4.69) is 31.0 Å². The minimum absolute atomic E-state index is 0.149. The number of phenolic OH excluding ortho intramolecular Hbond substituents is 1. The van der Waals surface area contributed by atoms with Crippen LogP contribution in [0.4, 0.5) is 0 Å². The highest BCUT2D eigenvalue weighted by Crippen LogP contribution is 2.45. The number of ether oxygens (including phenoxy) is 1. The first kappa shape index (κ1) is 16.4. The Balaban J connectivity index is 1.96. The van der Waals surface area contributed by atoms with Gasteiger partial charge in [0, 0.05) is 24.1 Å². The van der Waals surface area contributed by atoms with Gasteiger partial charge in [0.15, 0.2) is 0 Å². The van der Waals surface area contributed by atoms with Gasteiger partial charge in [-0.05, 0) is 17.5 Å². The van der Waals surface area contributed by atoms with Gasteiger partial charge in [-0.25, -0.2) is 4.98 Å². The number of benzene rings is 2. The van der Waals surface area contributed by atoms with Crippen molar-refractivity contribution >= 4 is 0 Å². The molecule has 1 aromatic heterocycles. The lowest BCUT2D eigenvalue weighted by Crippen LogP contribution is -2.30. The van der Waals surface area contributed by atoms with Gasteiger partial charge in [-0.15, -0.1) is 0 Å². The fourth-order valence-corrected chi connectivity index (χ4v) is 3.48. The third kappa shape index (κ3) is 2.75. The highest BCUT2D eigenvalue weighted by molar-refractivity contribution is 5.57. The van der Waals surface area contributed by atoms with Gasteiger partial charge < -0.3 is 14.4 Å². The zero-order chi connectivity index (χ0) is 18.3. The fourth-order valence-electron chi connectivity index (χ4n) is 3.48. The van der Waals surface area contributed by atoms with Crippen molar-refractivity contribution in [2.75, 3.05) is 0 Å². The largest absolute Gasteiger partial charge is 0.508 e. The number of hydrogen-bond donors (Lipinski definition) is 2. The number of rotatable bonds is 3. The highest BCUT2D eigenvalue weighted by atomic mass is 16.5. The fraction of sp³-hybridized carbons (Fsp3) is 0.238. The molecule has 0 amide bonds. The van der Waals surface area contributed by atoms with E-state index >= 15 is 0 Å². The summed E-state index contributed by atoms with van der Waals surface area (Å²) in [6.45, 7) is 4.97. The molecule has 0 saturated carbocycles. The Morgan fingerprint density at radius 1 is 1.19 bits per heavy atom. The molecule has 0 bridgehead atoms. The normalized spacial score (nSPS) is 15.3. The third-order valence-electron chi connectivity index (χ3n) is 4.59. The second-order valence-corrected chi connectivity index (χ2v) is 7.03. The molecule has 132 valence electrons. The van der Waals surface area contributed by atoms with Crippen LogP contribution in [0.1, 0.15) is 36.5 Å². The zero-order valence-electron chi connectivity index (χ0n) is 14.8. The van der Waals surface area contributed by atoms with E-state index in [0.29, 0.717) is 23.0 Å². The number of hydrogen-bond acceptors (Lipinski definition) is 4. The number of aromatic hydroxyl groups is 1. The van der Waals surface area contributed by atoms with Crippen LogP contribution in [0.5, 0.6) is 17.4 Å². The Bertz CT molecular complexity index is 1010. The molecule has 0 unspecified atom stereocenters. The Labute approximate surface area is 152 Å². The minimum Gasteiger partial charge on any atom is -0.508 e. The maximum absolute atomic E-state index is 9.85. The molecule has 0 spiro atoms. The van der Waals surface area contributed by atoms with E-state index in [0.717, 1.165) is 23.2 Å².